The maximum absolute atomic E-state index is 13.8. The molecule has 4 rings (SSSR count). The number of halogens is 1. The third-order valence-corrected chi connectivity index (χ3v) is 4.15. The van der Waals surface area contributed by atoms with Crippen molar-refractivity contribution in [3.8, 4) is 22.8 Å². The average Bonchev–Trinajstić information content (AvgIpc) is 3.20. The third-order valence-electron chi connectivity index (χ3n) is 4.15. The van der Waals surface area contributed by atoms with Crippen molar-refractivity contribution in [3.05, 3.63) is 54.9 Å². The van der Waals surface area contributed by atoms with Crippen molar-refractivity contribution in [2.75, 3.05) is 0 Å². The van der Waals surface area contributed by atoms with Gasteiger partial charge in [0.1, 0.15) is 11.4 Å². The van der Waals surface area contributed by atoms with Gasteiger partial charge in [-0.25, -0.2) is 9.67 Å². The van der Waals surface area contributed by atoms with Crippen LogP contribution < -0.4 is 0 Å². The number of pyridine rings is 1. The lowest BCUT2D eigenvalue weighted by molar-refractivity contribution is 0.405. The molecule has 0 atom stereocenters. The Kier molecular flexibility index (Phi) is 3.49. The molecule has 1 N–H and O–H groups in total. The fourth-order valence-corrected chi connectivity index (χ4v) is 2.84. The van der Waals surface area contributed by atoms with Crippen molar-refractivity contribution in [3.63, 3.8) is 0 Å². The van der Waals surface area contributed by atoms with E-state index in [9.17, 15) is 9.50 Å². The standard InChI is InChI=1S/C18H16FN5O/c1-11(2)23-9-13-8-12(5-6-14(13)18(23)25)15-10-24(22-21-15)16-4-3-7-20-17(16)19/h3-11,25H,1-2H3. The van der Waals surface area contributed by atoms with Crippen molar-refractivity contribution < 1.29 is 9.50 Å². The lowest BCUT2D eigenvalue weighted by Crippen LogP contribution is -1.99. The van der Waals surface area contributed by atoms with Crippen LogP contribution in [0.15, 0.2) is 48.9 Å². The normalized spacial score (nSPS) is 11.5. The molecule has 7 heteroatoms. The molecule has 0 aliphatic heterocycles. The Morgan fingerprint density at radius 2 is 2.00 bits per heavy atom. The molecule has 0 bridgehead atoms. The van der Waals surface area contributed by atoms with Crippen LogP contribution in [0.4, 0.5) is 4.39 Å². The van der Waals surface area contributed by atoms with Crippen LogP contribution in [0.25, 0.3) is 27.7 Å². The predicted molar refractivity (Wildman–Crippen MR) is 92.1 cm³/mol. The quantitative estimate of drug-likeness (QED) is 0.579. The molecule has 0 radical (unpaired) electrons. The monoisotopic (exact) mass is 337 g/mol. The van der Waals surface area contributed by atoms with Gasteiger partial charge in [0.15, 0.2) is 5.88 Å². The largest absolute Gasteiger partial charge is 0.494 e. The Hall–Kier alpha value is -3.22. The summed E-state index contributed by atoms with van der Waals surface area (Å²) in [6, 6.07) is 9.03. The van der Waals surface area contributed by atoms with Crippen LogP contribution in [-0.4, -0.2) is 29.7 Å². The highest BCUT2D eigenvalue weighted by molar-refractivity contribution is 5.91. The van der Waals surface area contributed by atoms with Gasteiger partial charge in [-0.05, 0) is 38.1 Å². The Bertz CT molecular complexity index is 1070. The summed E-state index contributed by atoms with van der Waals surface area (Å²) in [6.07, 6.45) is 4.95. The van der Waals surface area contributed by atoms with Crippen molar-refractivity contribution in [1.82, 2.24) is 24.5 Å². The molecule has 0 saturated carbocycles. The Labute approximate surface area is 143 Å². The van der Waals surface area contributed by atoms with Gasteiger partial charge >= 0.3 is 0 Å². The van der Waals surface area contributed by atoms with Crippen LogP contribution in [0, 0.1) is 5.95 Å². The lowest BCUT2D eigenvalue weighted by Gasteiger charge is -2.07. The van der Waals surface area contributed by atoms with Gasteiger partial charge in [0.2, 0.25) is 5.95 Å². The lowest BCUT2D eigenvalue weighted by atomic mass is 10.1. The Balaban J connectivity index is 1.77. The number of aromatic hydroxyl groups is 1. The van der Waals surface area contributed by atoms with Crippen LogP contribution in [0.5, 0.6) is 5.88 Å². The zero-order valence-corrected chi connectivity index (χ0v) is 13.8. The van der Waals surface area contributed by atoms with Crippen molar-refractivity contribution in [1.29, 1.82) is 0 Å². The second-order valence-electron chi connectivity index (χ2n) is 6.12. The Morgan fingerprint density at radius 3 is 2.76 bits per heavy atom. The molecule has 126 valence electrons. The van der Waals surface area contributed by atoms with Gasteiger partial charge in [-0.15, -0.1) is 5.10 Å². The summed E-state index contributed by atoms with van der Waals surface area (Å²) in [4.78, 5) is 3.62. The van der Waals surface area contributed by atoms with Crippen molar-refractivity contribution >= 4 is 10.8 Å². The average molecular weight is 337 g/mol. The molecule has 1 aromatic carbocycles. The van der Waals surface area contributed by atoms with Gasteiger partial charge in [-0.3, -0.25) is 0 Å². The number of rotatable bonds is 3. The summed E-state index contributed by atoms with van der Waals surface area (Å²) in [5.74, 6) is -0.356. The maximum Gasteiger partial charge on any atom is 0.238 e. The van der Waals surface area contributed by atoms with E-state index < -0.39 is 5.95 Å². The first kappa shape index (κ1) is 15.3. The predicted octanol–water partition coefficient (Wildman–Crippen LogP) is 3.71. The van der Waals surface area contributed by atoms with Crippen molar-refractivity contribution in [2.24, 2.45) is 0 Å². The topological polar surface area (TPSA) is 68.8 Å². The summed E-state index contributed by atoms with van der Waals surface area (Å²) in [5, 5.41) is 20.1. The minimum atomic E-state index is -0.603. The van der Waals surface area contributed by atoms with E-state index >= 15 is 0 Å². The van der Waals surface area contributed by atoms with E-state index in [2.05, 4.69) is 15.3 Å². The molecule has 0 spiro atoms. The highest BCUT2D eigenvalue weighted by atomic mass is 19.1. The molecule has 0 fully saturated rings. The molecule has 3 aromatic heterocycles. The van der Waals surface area contributed by atoms with Gasteiger partial charge in [0.25, 0.3) is 0 Å². The molecule has 25 heavy (non-hydrogen) atoms. The minimum absolute atomic E-state index is 0.158. The SMILES string of the molecule is CC(C)n1cc2cc(-c3cn(-c4cccnc4F)nn3)ccc2c1O. The zero-order chi connectivity index (χ0) is 17.6. The molecule has 0 unspecified atom stereocenters. The number of nitrogens with zero attached hydrogens (tertiary/aromatic N) is 5. The fraction of sp³-hybridized carbons (Fsp3) is 0.167. The zero-order valence-electron chi connectivity index (χ0n) is 13.8. The molecule has 3 heterocycles. The van der Waals surface area contributed by atoms with E-state index in [1.807, 2.05) is 42.8 Å². The number of fused-ring (bicyclic) bond motifs is 1. The maximum atomic E-state index is 13.8. The van der Waals surface area contributed by atoms with Crippen LogP contribution in [-0.2, 0) is 0 Å². The first-order valence-electron chi connectivity index (χ1n) is 7.92. The van der Waals surface area contributed by atoms with Gasteiger partial charge < -0.3 is 9.67 Å². The van der Waals surface area contributed by atoms with E-state index in [-0.39, 0.29) is 17.6 Å². The highest BCUT2D eigenvalue weighted by Gasteiger charge is 2.13. The number of aromatic nitrogens is 5. The number of hydrogen-bond acceptors (Lipinski definition) is 4. The second-order valence-corrected chi connectivity index (χ2v) is 6.12. The number of hydrogen-bond donors (Lipinski definition) is 1. The van der Waals surface area contributed by atoms with Gasteiger partial charge in [0.05, 0.1) is 6.20 Å². The molecule has 4 aromatic rings. The minimum Gasteiger partial charge on any atom is -0.494 e. The first-order chi connectivity index (χ1) is 12.0. The van der Waals surface area contributed by atoms with Crippen LogP contribution in [0.1, 0.15) is 19.9 Å². The highest BCUT2D eigenvalue weighted by Crippen LogP contribution is 2.32. The fourth-order valence-electron chi connectivity index (χ4n) is 2.84. The summed E-state index contributed by atoms with van der Waals surface area (Å²) in [6.45, 7) is 4.01. The van der Waals surface area contributed by atoms with E-state index in [4.69, 9.17) is 0 Å². The van der Waals surface area contributed by atoms with Crippen molar-refractivity contribution in [2.45, 2.75) is 19.9 Å². The van der Waals surface area contributed by atoms with E-state index in [1.165, 1.54) is 10.9 Å². The summed E-state index contributed by atoms with van der Waals surface area (Å²) >= 11 is 0. The van der Waals surface area contributed by atoms with Crippen LogP contribution >= 0.6 is 0 Å². The van der Waals surface area contributed by atoms with E-state index in [0.29, 0.717) is 5.69 Å². The van der Waals surface area contributed by atoms with Crippen LogP contribution in [0.2, 0.25) is 0 Å². The van der Waals surface area contributed by atoms with Crippen LogP contribution in [0.3, 0.4) is 0 Å². The third kappa shape index (κ3) is 2.53. The van der Waals surface area contributed by atoms with E-state index in [0.717, 1.165) is 16.3 Å². The van der Waals surface area contributed by atoms with Gasteiger partial charge in [0, 0.05) is 34.8 Å². The molecule has 0 saturated heterocycles. The molecule has 0 amide bonds. The smallest absolute Gasteiger partial charge is 0.238 e. The Morgan fingerprint density at radius 1 is 1.16 bits per heavy atom. The molecule has 0 aliphatic rings. The number of benzene rings is 1. The summed E-state index contributed by atoms with van der Waals surface area (Å²) in [5.41, 5.74) is 1.69. The molecule has 0 aliphatic carbocycles. The molecule has 6 nitrogen and oxygen atoms in total. The molecular formula is C18H16FN5O. The van der Waals surface area contributed by atoms with Gasteiger partial charge in [-0.2, -0.15) is 4.39 Å². The summed E-state index contributed by atoms with van der Waals surface area (Å²) in [7, 11) is 0. The first-order valence-corrected chi connectivity index (χ1v) is 7.92. The molecular weight excluding hydrogens is 321 g/mol. The summed E-state index contributed by atoms with van der Waals surface area (Å²) < 4.78 is 17.0. The van der Waals surface area contributed by atoms with E-state index in [1.54, 1.807) is 18.3 Å². The second kappa shape index (κ2) is 5.70. The van der Waals surface area contributed by atoms with Gasteiger partial charge in [-0.1, -0.05) is 11.3 Å².